The number of anilines is 1. The van der Waals surface area contributed by atoms with Gasteiger partial charge in [-0.05, 0) is 74.0 Å². The number of aromatic hydroxyl groups is 1. The average Bonchev–Trinajstić information content (AvgIpc) is 2.78. The van der Waals surface area contributed by atoms with Gasteiger partial charge in [0.1, 0.15) is 5.75 Å². The van der Waals surface area contributed by atoms with Crippen molar-refractivity contribution in [1.29, 1.82) is 0 Å². The Morgan fingerprint density at radius 1 is 0.903 bits per heavy atom. The number of rotatable bonds is 16. The molecule has 0 aromatic heterocycles. The highest BCUT2D eigenvalue weighted by Crippen LogP contribution is 2.22. The van der Waals surface area contributed by atoms with Crippen molar-refractivity contribution in [1.82, 2.24) is 5.32 Å². The number of aliphatic hydroxyl groups is 2. The lowest BCUT2D eigenvalue weighted by Crippen LogP contribution is -2.22. The summed E-state index contributed by atoms with van der Waals surface area (Å²) in [7, 11) is 0. The van der Waals surface area contributed by atoms with Gasteiger partial charge in [-0.1, -0.05) is 31.0 Å². The van der Waals surface area contributed by atoms with Crippen molar-refractivity contribution in [3.05, 3.63) is 59.2 Å². The molecule has 6 nitrogen and oxygen atoms in total. The first-order chi connectivity index (χ1) is 15.1. The zero-order valence-corrected chi connectivity index (χ0v) is 18.4. The first-order valence-electron chi connectivity index (χ1n) is 11.3. The quantitative estimate of drug-likeness (QED) is 0.205. The Hall–Kier alpha value is -2.12. The molecule has 1 atom stereocenters. The number of aryl methyl sites for hydroxylation is 1. The third-order valence-corrected chi connectivity index (χ3v) is 5.37. The molecule has 2 aromatic rings. The van der Waals surface area contributed by atoms with Crippen LogP contribution in [0.2, 0.25) is 0 Å². The summed E-state index contributed by atoms with van der Waals surface area (Å²) in [5.74, 6) is 0.0496. The van der Waals surface area contributed by atoms with E-state index in [1.54, 1.807) is 12.1 Å². The minimum absolute atomic E-state index is 0.0496. The van der Waals surface area contributed by atoms with E-state index in [1.807, 2.05) is 12.1 Å². The number of ether oxygens (including phenoxy) is 1. The average molecular weight is 431 g/mol. The molecule has 0 saturated carbocycles. The lowest BCUT2D eigenvalue weighted by molar-refractivity contribution is 0.126. The zero-order chi connectivity index (χ0) is 22.3. The monoisotopic (exact) mass is 430 g/mol. The van der Waals surface area contributed by atoms with Crippen molar-refractivity contribution in [3.8, 4) is 5.75 Å². The number of hydrogen-bond donors (Lipinski definition) is 5. The molecule has 31 heavy (non-hydrogen) atoms. The van der Waals surface area contributed by atoms with Crippen molar-refractivity contribution in [3.63, 3.8) is 0 Å². The molecule has 0 radical (unpaired) electrons. The Kier molecular flexibility index (Phi) is 12.0. The van der Waals surface area contributed by atoms with Crippen LogP contribution in [0.5, 0.6) is 5.75 Å². The Morgan fingerprint density at radius 3 is 2.35 bits per heavy atom. The Balaban J connectivity index is 1.39. The molecule has 0 aliphatic carbocycles. The van der Waals surface area contributed by atoms with E-state index >= 15 is 0 Å². The van der Waals surface area contributed by atoms with Crippen LogP contribution in [0.1, 0.15) is 61.3 Å². The Bertz CT molecular complexity index is 737. The molecular formula is C25H38N2O4. The summed E-state index contributed by atoms with van der Waals surface area (Å²) in [4.78, 5) is 0. The van der Waals surface area contributed by atoms with Gasteiger partial charge in [0.25, 0.3) is 0 Å². The molecule has 0 saturated heterocycles. The largest absolute Gasteiger partial charge is 0.508 e. The van der Waals surface area contributed by atoms with E-state index in [9.17, 15) is 15.3 Å². The molecule has 0 aliphatic heterocycles. The standard InChI is InChI=1S/C25H38N2O4/c26-23-11-8-20(9-12-23)7-3-6-16-31-15-5-2-1-4-14-27-18-25(30)21-10-13-24(29)22(17-21)19-28/h8-13,17,25,27-30H,1-7,14-16,18-19,26H2. The first-order valence-corrected chi connectivity index (χ1v) is 11.3. The summed E-state index contributed by atoms with van der Waals surface area (Å²) in [6.07, 6.45) is 7.05. The second kappa shape index (κ2) is 14.8. The molecule has 6 N–H and O–H groups in total. The normalized spacial score (nSPS) is 12.2. The lowest BCUT2D eigenvalue weighted by Gasteiger charge is -2.14. The first kappa shape index (κ1) is 25.1. The van der Waals surface area contributed by atoms with Crippen LogP contribution in [0.25, 0.3) is 0 Å². The minimum atomic E-state index is -0.653. The fourth-order valence-corrected chi connectivity index (χ4v) is 3.42. The fraction of sp³-hybridized carbons (Fsp3) is 0.520. The van der Waals surface area contributed by atoms with Crippen molar-refractivity contribution in [2.45, 2.75) is 57.7 Å². The molecule has 0 spiro atoms. The van der Waals surface area contributed by atoms with Gasteiger partial charge in [-0.2, -0.15) is 0 Å². The molecule has 2 aromatic carbocycles. The molecule has 172 valence electrons. The Labute approximate surface area is 186 Å². The van der Waals surface area contributed by atoms with Gasteiger partial charge in [-0.15, -0.1) is 0 Å². The van der Waals surface area contributed by atoms with Crippen LogP contribution in [0, 0.1) is 0 Å². The third-order valence-electron chi connectivity index (χ3n) is 5.37. The predicted octanol–water partition coefficient (Wildman–Crippen LogP) is 3.69. The topological polar surface area (TPSA) is 108 Å². The van der Waals surface area contributed by atoms with Crippen molar-refractivity contribution in [2.24, 2.45) is 0 Å². The van der Waals surface area contributed by atoms with E-state index in [1.165, 1.54) is 11.6 Å². The van der Waals surface area contributed by atoms with Gasteiger partial charge in [-0.25, -0.2) is 0 Å². The van der Waals surface area contributed by atoms with Crippen molar-refractivity contribution >= 4 is 5.69 Å². The van der Waals surface area contributed by atoms with E-state index in [0.29, 0.717) is 17.7 Å². The molecule has 0 amide bonds. The van der Waals surface area contributed by atoms with Crippen LogP contribution in [-0.4, -0.2) is 41.6 Å². The molecule has 2 rings (SSSR count). The fourth-order valence-electron chi connectivity index (χ4n) is 3.42. The molecule has 0 heterocycles. The molecule has 0 aliphatic rings. The summed E-state index contributed by atoms with van der Waals surface area (Å²) >= 11 is 0. The smallest absolute Gasteiger partial charge is 0.121 e. The van der Waals surface area contributed by atoms with E-state index in [-0.39, 0.29) is 12.4 Å². The molecule has 0 fully saturated rings. The summed E-state index contributed by atoms with van der Waals surface area (Å²) in [6, 6.07) is 12.9. The second-order valence-electron chi connectivity index (χ2n) is 7.99. The third kappa shape index (κ3) is 10.2. The Morgan fingerprint density at radius 2 is 1.61 bits per heavy atom. The number of phenols is 1. The SMILES string of the molecule is Nc1ccc(CCCCOCCCCCCNCC(O)c2ccc(O)c(CO)c2)cc1. The summed E-state index contributed by atoms with van der Waals surface area (Å²) in [5, 5.41) is 32.3. The maximum Gasteiger partial charge on any atom is 0.121 e. The van der Waals surface area contributed by atoms with E-state index in [4.69, 9.17) is 10.5 Å². The van der Waals surface area contributed by atoms with Gasteiger partial charge >= 0.3 is 0 Å². The van der Waals surface area contributed by atoms with Crippen LogP contribution < -0.4 is 11.1 Å². The highest BCUT2D eigenvalue weighted by molar-refractivity contribution is 5.39. The maximum atomic E-state index is 10.2. The van der Waals surface area contributed by atoms with Gasteiger partial charge in [0, 0.05) is 31.0 Å². The number of hydrogen-bond acceptors (Lipinski definition) is 6. The summed E-state index contributed by atoms with van der Waals surface area (Å²) in [6.45, 7) is 2.71. The molecule has 0 bridgehead atoms. The van der Waals surface area contributed by atoms with Crippen molar-refractivity contribution < 1.29 is 20.1 Å². The van der Waals surface area contributed by atoms with E-state index in [0.717, 1.165) is 70.4 Å². The molecule has 1 unspecified atom stereocenters. The van der Waals surface area contributed by atoms with Crippen LogP contribution >= 0.6 is 0 Å². The van der Waals surface area contributed by atoms with Crippen LogP contribution in [-0.2, 0) is 17.8 Å². The minimum Gasteiger partial charge on any atom is -0.508 e. The number of benzene rings is 2. The van der Waals surface area contributed by atoms with E-state index in [2.05, 4.69) is 17.4 Å². The summed E-state index contributed by atoms with van der Waals surface area (Å²) in [5.41, 5.74) is 8.96. The highest BCUT2D eigenvalue weighted by atomic mass is 16.5. The zero-order valence-electron chi connectivity index (χ0n) is 18.4. The van der Waals surface area contributed by atoms with Gasteiger partial charge in [0.2, 0.25) is 0 Å². The van der Waals surface area contributed by atoms with Gasteiger partial charge in [0.15, 0.2) is 0 Å². The number of aliphatic hydroxyl groups excluding tert-OH is 2. The second-order valence-corrected chi connectivity index (χ2v) is 7.99. The number of unbranched alkanes of at least 4 members (excludes halogenated alkanes) is 4. The number of nitrogen functional groups attached to an aromatic ring is 1. The molecular weight excluding hydrogens is 392 g/mol. The van der Waals surface area contributed by atoms with Gasteiger partial charge in [0.05, 0.1) is 12.7 Å². The van der Waals surface area contributed by atoms with Gasteiger partial charge in [-0.3, -0.25) is 0 Å². The number of nitrogens with one attached hydrogen (secondary N) is 1. The van der Waals surface area contributed by atoms with Crippen molar-refractivity contribution in [2.75, 3.05) is 32.0 Å². The summed E-state index contributed by atoms with van der Waals surface area (Å²) < 4.78 is 5.72. The lowest BCUT2D eigenvalue weighted by atomic mass is 10.1. The van der Waals surface area contributed by atoms with Crippen LogP contribution in [0.15, 0.2) is 42.5 Å². The predicted molar refractivity (Wildman–Crippen MR) is 125 cm³/mol. The van der Waals surface area contributed by atoms with Crippen LogP contribution in [0.4, 0.5) is 5.69 Å². The maximum absolute atomic E-state index is 10.2. The highest BCUT2D eigenvalue weighted by Gasteiger charge is 2.09. The van der Waals surface area contributed by atoms with Gasteiger partial charge < -0.3 is 31.1 Å². The van der Waals surface area contributed by atoms with Crippen LogP contribution in [0.3, 0.4) is 0 Å². The van der Waals surface area contributed by atoms with E-state index < -0.39 is 6.10 Å². The molecule has 6 heteroatoms. The number of nitrogens with two attached hydrogens (primary N) is 1.